The Balaban J connectivity index is 2.20. The molecule has 0 nitrogen and oxygen atoms in total. The fraction of sp³-hybridized carbons (Fsp3) is 0.333. The van der Waals surface area contributed by atoms with Crippen LogP contribution in [0.3, 0.4) is 0 Å². The number of hydrogen-bond acceptors (Lipinski definition) is 0. The Hall–Kier alpha value is -0.750. The van der Waals surface area contributed by atoms with E-state index in [9.17, 15) is 0 Å². The van der Waals surface area contributed by atoms with Crippen molar-refractivity contribution in [3.63, 3.8) is 0 Å². The highest BCUT2D eigenvalue weighted by Gasteiger charge is 1.87. The van der Waals surface area contributed by atoms with Crippen molar-refractivity contribution < 1.29 is 0 Å². The second-order valence-corrected chi connectivity index (χ2v) is 3.35. The van der Waals surface area contributed by atoms with Crippen molar-refractivity contribution in [2.45, 2.75) is 19.3 Å². The van der Waals surface area contributed by atoms with Gasteiger partial charge in [-0.1, -0.05) is 42.5 Å². The molecular weight excluding hydrogens is 180 g/mol. The molecule has 13 heavy (non-hydrogen) atoms. The van der Waals surface area contributed by atoms with Gasteiger partial charge in [-0.3, -0.25) is 0 Å². The molecule has 0 N–H and O–H groups in total. The molecule has 0 radical (unpaired) electrons. The average Bonchev–Trinajstić information content (AvgIpc) is 2.19. The first-order valence-corrected chi connectivity index (χ1v) is 5.22. The van der Waals surface area contributed by atoms with Crippen molar-refractivity contribution in [3.05, 3.63) is 48.0 Å². The number of aryl methyl sites for hydroxylation is 1. The van der Waals surface area contributed by atoms with Crippen LogP contribution >= 0.6 is 11.6 Å². The molecule has 0 spiro atoms. The zero-order chi connectivity index (χ0) is 9.36. The SMILES string of the molecule is ClCCC=CCCc1ccccc1. The highest BCUT2D eigenvalue weighted by atomic mass is 35.5. The van der Waals surface area contributed by atoms with E-state index in [1.807, 2.05) is 6.07 Å². The van der Waals surface area contributed by atoms with Crippen LogP contribution < -0.4 is 0 Å². The van der Waals surface area contributed by atoms with Gasteiger partial charge < -0.3 is 0 Å². The standard InChI is InChI=1S/C12H15Cl/c13-11-7-2-1-4-8-12-9-5-3-6-10-12/h1-3,5-6,9-10H,4,7-8,11H2. The first-order valence-electron chi connectivity index (χ1n) is 4.68. The lowest BCUT2D eigenvalue weighted by Gasteiger charge is -1.95. The molecule has 0 aromatic heterocycles. The van der Waals surface area contributed by atoms with Crippen molar-refractivity contribution in [1.82, 2.24) is 0 Å². The predicted octanol–water partition coefficient (Wildman–Crippen LogP) is 3.80. The Morgan fingerprint density at radius 3 is 2.38 bits per heavy atom. The number of hydrogen-bond donors (Lipinski definition) is 0. The van der Waals surface area contributed by atoms with Crippen LogP contribution in [0.1, 0.15) is 18.4 Å². The monoisotopic (exact) mass is 194 g/mol. The summed E-state index contributed by atoms with van der Waals surface area (Å²) in [7, 11) is 0. The van der Waals surface area contributed by atoms with Crippen LogP contribution in [0.15, 0.2) is 42.5 Å². The molecule has 1 rings (SSSR count). The smallest absolute Gasteiger partial charge is 0.0257 e. The van der Waals surface area contributed by atoms with Gasteiger partial charge in [0, 0.05) is 5.88 Å². The number of alkyl halides is 1. The molecule has 0 aliphatic rings. The second kappa shape index (κ2) is 6.73. The third-order valence-corrected chi connectivity index (χ3v) is 2.10. The fourth-order valence-corrected chi connectivity index (χ4v) is 1.32. The summed E-state index contributed by atoms with van der Waals surface area (Å²) in [5.41, 5.74) is 1.40. The summed E-state index contributed by atoms with van der Waals surface area (Å²) in [4.78, 5) is 0. The summed E-state index contributed by atoms with van der Waals surface area (Å²) >= 11 is 5.55. The Labute approximate surface area is 85.2 Å². The number of benzene rings is 1. The van der Waals surface area contributed by atoms with E-state index < -0.39 is 0 Å². The van der Waals surface area contributed by atoms with Crippen LogP contribution in [0.25, 0.3) is 0 Å². The molecule has 0 saturated heterocycles. The summed E-state index contributed by atoms with van der Waals surface area (Å²) in [5, 5.41) is 0. The summed E-state index contributed by atoms with van der Waals surface area (Å²) in [6.07, 6.45) is 7.57. The molecule has 1 aromatic carbocycles. The van der Waals surface area contributed by atoms with Crippen molar-refractivity contribution in [1.29, 1.82) is 0 Å². The molecule has 0 fully saturated rings. The number of rotatable bonds is 5. The van der Waals surface area contributed by atoms with Gasteiger partial charge in [-0.25, -0.2) is 0 Å². The van der Waals surface area contributed by atoms with E-state index in [0.29, 0.717) is 0 Å². The lowest BCUT2D eigenvalue weighted by Crippen LogP contribution is -1.81. The zero-order valence-electron chi connectivity index (χ0n) is 7.75. The maximum atomic E-state index is 5.55. The van der Waals surface area contributed by atoms with Crippen LogP contribution in [-0.4, -0.2) is 5.88 Å². The van der Waals surface area contributed by atoms with Crippen molar-refractivity contribution >= 4 is 11.6 Å². The molecule has 70 valence electrons. The van der Waals surface area contributed by atoms with Gasteiger partial charge in [-0.05, 0) is 24.8 Å². The largest absolute Gasteiger partial charge is 0.126 e. The number of halogens is 1. The van der Waals surface area contributed by atoms with Crippen LogP contribution in [0.2, 0.25) is 0 Å². The van der Waals surface area contributed by atoms with Gasteiger partial charge in [0.15, 0.2) is 0 Å². The lowest BCUT2D eigenvalue weighted by atomic mass is 10.1. The predicted molar refractivity (Wildman–Crippen MR) is 59.2 cm³/mol. The quantitative estimate of drug-likeness (QED) is 0.494. The Kier molecular flexibility index (Phi) is 5.35. The first-order chi connectivity index (χ1) is 6.43. The minimum Gasteiger partial charge on any atom is -0.126 e. The van der Waals surface area contributed by atoms with E-state index in [4.69, 9.17) is 11.6 Å². The van der Waals surface area contributed by atoms with Crippen molar-refractivity contribution in [3.8, 4) is 0 Å². The summed E-state index contributed by atoms with van der Waals surface area (Å²) in [6.45, 7) is 0. The maximum Gasteiger partial charge on any atom is 0.0257 e. The molecule has 0 saturated carbocycles. The summed E-state index contributed by atoms with van der Waals surface area (Å²) in [6, 6.07) is 10.5. The summed E-state index contributed by atoms with van der Waals surface area (Å²) < 4.78 is 0. The Bertz CT molecular complexity index is 239. The second-order valence-electron chi connectivity index (χ2n) is 2.97. The maximum absolute atomic E-state index is 5.55. The van der Waals surface area contributed by atoms with Gasteiger partial charge in [0.1, 0.15) is 0 Å². The van der Waals surface area contributed by atoms with E-state index in [0.717, 1.165) is 25.1 Å². The van der Waals surface area contributed by atoms with Gasteiger partial charge in [0.25, 0.3) is 0 Å². The fourth-order valence-electron chi connectivity index (χ4n) is 1.19. The molecule has 1 heteroatoms. The molecule has 0 aliphatic carbocycles. The van der Waals surface area contributed by atoms with Crippen LogP contribution in [0.4, 0.5) is 0 Å². The number of allylic oxidation sites excluding steroid dienone is 2. The van der Waals surface area contributed by atoms with Gasteiger partial charge in [-0.2, -0.15) is 0 Å². The van der Waals surface area contributed by atoms with E-state index >= 15 is 0 Å². The first kappa shape index (κ1) is 10.3. The normalized spacial score (nSPS) is 10.8. The Morgan fingerprint density at radius 2 is 1.69 bits per heavy atom. The Morgan fingerprint density at radius 1 is 1.00 bits per heavy atom. The van der Waals surface area contributed by atoms with Gasteiger partial charge in [0.2, 0.25) is 0 Å². The minimum absolute atomic E-state index is 0.724. The zero-order valence-corrected chi connectivity index (χ0v) is 8.50. The third-order valence-electron chi connectivity index (χ3n) is 1.88. The third kappa shape index (κ3) is 4.74. The van der Waals surface area contributed by atoms with Gasteiger partial charge in [0.05, 0.1) is 0 Å². The van der Waals surface area contributed by atoms with Crippen molar-refractivity contribution in [2.75, 3.05) is 5.88 Å². The van der Waals surface area contributed by atoms with E-state index in [2.05, 4.69) is 36.4 Å². The van der Waals surface area contributed by atoms with Crippen LogP contribution in [-0.2, 0) is 6.42 Å². The molecule has 0 amide bonds. The summed E-state index contributed by atoms with van der Waals surface area (Å²) in [5.74, 6) is 0.724. The molecule has 0 unspecified atom stereocenters. The molecule has 1 aromatic rings. The highest BCUT2D eigenvalue weighted by Crippen LogP contribution is 2.03. The average molecular weight is 195 g/mol. The van der Waals surface area contributed by atoms with E-state index in [1.165, 1.54) is 5.56 Å². The topological polar surface area (TPSA) is 0 Å². The molecule has 0 aliphatic heterocycles. The van der Waals surface area contributed by atoms with E-state index in [-0.39, 0.29) is 0 Å². The van der Waals surface area contributed by atoms with Crippen LogP contribution in [0, 0.1) is 0 Å². The molecular formula is C12H15Cl. The highest BCUT2D eigenvalue weighted by molar-refractivity contribution is 6.17. The van der Waals surface area contributed by atoms with Gasteiger partial charge >= 0.3 is 0 Å². The molecule has 0 bridgehead atoms. The van der Waals surface area contributed by atoms with Crippen LogP contribution in [0.5, 0.6) is 0 Å². The van der Waals surface area contributed by atoms with E-state index in [1.54, 1.807) is 0 Å². The molecule has 0 atom stereocenters. The molecule has 0 heterocycles. The minimum atomic E-state index is 0.724. The lowest BCUT2D eigenvalue weighted by molar-refractivity contribution is 0.993. The van der Waals surface area contributed by atoms with Gasteiger partial charge in [-0.15, -0.1) is 11.6 Å². The van der Waals surface area contributed by atoms with Crippen molar-refractivity contribution in [2.24, 2.45) is 0 Å².